The Labute approximate surface area is 175 Å². The molecule has 0 heterocycles. The van der Waals surface area contributed by atoms with Crippen molar-refractivity contribution in [2.45, 2.75) is 6.42 Å². The molecular weight excluding hydrogens is 384 g/mol. The van der Waals surface area contributed by atoms with Crippen LogP contribution in [0.15, 0.2) is 48.6 Å². The normalized spacial score (nSPS) is 10.7. The van der Waals surface area contributed by atoms with E-state index in [0.717, 1.165) is 0 Å². The molecule has 6 heteroatoms. The second-order valence-corrected chi connectivity index (χ2v) is 6.11. The molecule has 6 nitrogen and oxygen atoms in total. The van der Waals surface area contributed by atoms with Gasteiger partial charge in [-0.1, -0.05) is 30.2 Å². The fourth-order valence-electron chi connectivity index (χ4n) is 2.49. The van der Waals surface area contributed by atoms with Crippen LogP contribution in [0.3, 0.4) is 0 Å². The first kappa shape index (κ1) is 22.3. The summed E-state index contributed by atoms with van der Waals surface area (Å²) in [5.41, 5.74) is 1.38. The first-order chi connectivity index (χ1) is 14.5. The number of methoxy groups -OCH3 is 2. The first-order valence-electron chi connectivity index (χ1n) is 9.00. The highest BCUT2D eigenvalue weighted by molar-refractivity contribution is 6.10. The molecule has 0 fully saturated rings. The van der Waals surface area contributed by atoms with Gasteiger partial charge in [0.2, 0.25) is 0 Å². The molecule has 0 spiro atoms. The monoisotopic (exact) mass is 406 g/mol. The number of allylic oxidation sites excluding steroid dienone is 2. The third-order valence-electron chi connectivity index (χ3n) is 3.97. The van der Waals surface area contributed by atoms with Crippen molar-refractivity contribution >= 4 is 23.7 Å². The number of rotatable bonds is 10. The molecule has 0 atom stereocenters. The number of hydrogen-bond donors (Lipinski definition) is 1. The summed E-state index contributed by atoms with van der Waals surface area (Å²) >= 11 is 0. The zero-order chi connectivity index (χ0) is 21.9. The topological polar surface area (TPSA) is 82.1 Å². The highest BCUT2D eigenvalue weighted by atomic mass is 16.5. The SMILES string of the molecule is C#CCOc1ccc(/C=C/C(=O)CC(=O)/C=C/c2ccc(O)c(OC)c2)cc1OC. The van der Waals surface area contributed by atoms with Gasteiger partial charge in [-0.05, 0) is 47.5 Å². The Morgan fingerprint density at radius 3 is 2.07 bits per heavy atom. The average Bonchev–Trinajstić information content (AvgIpc) is 2.75. The van der Waals surface area contributed by atoms with Crippen LogP contribution < -0.4 is 14.2 Å². The van der Waals surface area contributed by atoms with Gasteiger partial charge in [0, 0.05) is 0 Å². The predicted molar refractivity (Wildman–Crippen MR) is 115 cm³/mol. The number of benzene rings is 2. The van der Waals surface area contributed by atoms with Crippen LogP contribution in [-0.2, 0) is 9.59 Å². The van der Waals surface area contributed by atoms with Crippen LogP contribution in [0.5, 0.6) is 23.0 Å². The minimum absolute atomic E-state index is 0.00793. The van der Waals surface area contributed by atoms with Crippen LogP contribution in [0, 0.1) is 12.3 Å². The molecule has 0 aliphatic heterocycles. The Morgan fingerprint density at radius 1 is 0.933 bits per heavy atom. The number of phenols is 1. The summed E-state index contributed by atoms with van der Waals surface area (Å²) in [6.07, 6.45) is 10.7. The van der Waals surface area contributed by atoms with E-state index in [4.69, 9.17) is 20.6 Å². The van der Waals surface area contributed by atoms with Gasteiger partial charge in [0.15, 0.2) is 34.6 Å². The van der Waals surface area contributed by atoms with Gasteiger partial charge in [0.05, 0.1) is 20.6 Å². The molecule has 154 valence electrons. The van der Waals surface area contributed by atoms with E-state index in [-0.39, 0.29) is 30.3 Å². The van der Waals surface area contributed by atoms with E-state index in [2.05, 4.69) is 5.92 Å². The zero-order valence-electron chi connectivity index (χ0n) is 16.8. The van der Waals surface area contributed by atoms with Gasteiger partial charge in [-0.2, -0.15) is 0 Å². The number of ether oxygens (including phenoxy) is 3. The fourth-order valence-corrected chi connectivity index (χ4v) is 2.49. The van der Waals surface area contributed by atoms with Crippen LogP contribution in [0.1, 0.15) is 17.5 Å². The Kier molecular flexibility index (Phi) is 8.27. The summed E-state index contributed by atoms with van der Waals surface area (Å²) in [5, 5.41) is 9.58. The van der Waals surface area contributed by atoms with Crippen LogP contribution in [0.25, 0.3) is 12.2 Å². The first-order valence-corrected chi connectivity index (χ1v) is 9.00. The average molecular weight is 406 g/mol. The van der Waals surface area contributed by atoms with Crippen molar-refractivity contribution in [1.82, 2.24) is 0 Å². The van der Waals surface area contributed by atoms with Crippen LogP contribution in [0.4, 0.5) is 0 Å². The summed E-state index contributed by atoms with van der Waals surface area (Å²) in [4.78, 5) is 24.1. The van der Waals surface area contributed by atoms with Crippen LogP contribution >= 0.6 is 0 Å². The minimum atomic E-state index is -0.340. The van der Waals surface area contributed by atoms with E-state index in [1.54, 1.807) is 42.5 Å². The molecule has 0 saturated carbocycles. The molecule has 1 N–H and O–H groups in total. The number of phenolic OH excluding ortho intramolecular Hbond substituents is 1. The second-order valence-electron chi connectivity index (χ2n) is 6.11. The summed E-state index contributed by atoms with van der Waals surface area (Å²) in [7, 11) is 2.94. The number of carbonyl (C=O) groups excluding carboxylic acids is 2. The number of ketones is 2. The lowest BCUT2D eigenvalue weighted by molar-refractivity contribution is -0.121. The third-order valence-corrected chi connectivity index (χ3v) is 3.97. The van der Waals surface area contributed by atoms with Gasteiger partial charge < -0.3 is 19.3 Å². The van der Waals surface area contributed by atoms with E-state index in [0.29, 0.717) is 28.4 Å². The zero-order valence-corrected chi connectivity index (χ0v) is 16.8. The molecule has 0 radical (unpaired) electrons. The van der Waals surface area contributed by atoms with Crippen molar-refractivity contribution in [1.29, 1.82) is 0 Å². The maximum atomic E-state index is 12.1. The van der Waals surface area contributed by atoms with E-state index >= 15 is 0 Å². The Bertz CT molecular complexity index is 1010. The highest BCUT2D eigenvalue weighted by Crippen LogP contribution is 2.28. The van der Waals surface area contributed by atoms with E-state index in [1.165, 1.54) is 32.4 Å². The second kappa shape index (κ2) is 11.1. The molecule has 0 saturated heterocycles. The molecule has 2 aromatic rings. The number of aromatic hydroxyl groups is 1. The molecule has 0 bridgehead atoms. The van der Waals surface area contributed by atoms with Gasteiger partial charge in [0.25, 0.3) is 0 Å². The van der Waals surface area contributed by atoms with Crippen molar-refractivity contribution in [3.05, 3.63) is 59.7 Å². The number of carbonyl (C=O) groups is 2. The van der Waals surface area contributed by atoms with Crippen molar-refractivity contribution < 1.29 is 28.9 Å². The third kappa shape index (κ3) is 6.57. The van der Waals surface area contributed by atoms with Crippen molar-refractivity contribution in [2.24, 2.45) is 0 Å². The smallest absolute Gasteiger partial charge is 0.163 e. The molecule has 2 aromatic carbocycles. The van der Waals surface area contributed by atoms with Crippen LogP contribution in [0.2, 0.25) is 0 Å². The van der Waals surface area contributed by atoms with Gasteiger partial charge in [0.1, 0.15) is 6.61 Å². The predicted octanol–water partition coefficient (Wildman–Crippen LogP) is 3.68. The molecule has 0 aliphatic rings. The molecule has 30 heavy (non-hydrogen) atoms. The molecule has 0 aromatic heterocycles. The summed E-state index contributed by atoms with van der Waals surface area (Å²) in [6, 6.07) is 9.83. The van der Waals surface area contributed by atoms with Gasteiger partial charge in [-0.15, -0.1) is 6.42 Å². The Balaban J connectivity index is 1.97. The quantitative estimate of drug-likeness (QED) is 0.368. The van der Waals surface area contributed by atoms with Crippen molar-refractivity contribution in [3.63, 3.8) is 0 Å². The van der Waals surface area contributed by atoms with Crippen LogP contribution in [-0.4, -0.2) is 37.5 Å². The summed E-state index contributed by atoms with van der Waals surface area (Å²) in [5.74, 6) is 3.01. The van der Waals surface area contributed by atoms with Crippen molar-refractivity contribution in [3.8, 4) is 35.3 Å². The largest absolute Gasteiger partial charge is 0.504 e. The summed E-state index contributed by atoms with van der Waals surface area (Å²) in [6.45, 7) is 0.122. The molecule has 0 unspecified atom stereocenters. The minimum Gasteiger partial charge on any atom is -0.504 e. The Morgan fingerprint density at radius 2 is 1.50 bits per heavy atom. The van der Waals surface area contributed by atoms with E-state index in [9.17, 15) is 14.7 Å². The molecular formula is C24H22O6. The standard InChI is InChI=1S/C24H22O6/c1-4-13-30-22-12-8-18(15-24(22)29-3)6-10-20(26)16-19(25)9-5-17-7-11-21(27)23(14-17)28-2/h1,5-12,14-15,27H,13,16H2,2-3H3/b9-5+,10-6+. The maximum Gasteiger partial charge on any atom is 0.163 e. The fraction of sp³-hybridized carbons (Fsp3) is 0.167. The van der Waals surface area contributed by atoms with Crippen molar-refractivity contribution in [2.75, 3.05) is 20.8 Å². The number of hydrogen-bond acceptors (Lipinski definition) is 6. The van der Waals surface area contributed by atoms with Gasteiger partial charge >= 0.3 is 0 Å². The highest BCUT2D eigenvalue weighted by Gasteiger charge is 2.07. The Hall–Kier alpha value is -3.98. The van der Waals surface area contributed by atoms with Gasteiger partial charge in [-0.3, -0.25) is 9.59 Å². The van der Waals surface area contributed by atoms with E-state index < -0.39 is 0 Å². The molecule has 0 aliphatic carbocycles. The van der Waals surface area contributed by atoms with Gasteiger partial charge in [-0.25, -0.2) is 0 Å². The summed E-state index contributed by atoms with van der Waals surface area (Å²) < 4.78 is 15.6. The molecule has 2 rings (SSSR count). The lowest BCUT2D eigenvalue weighted by atomic mass is 10.1. The lowest BCUT2D eigenvalue weighted by Crippen LogP contribution is -2.02. The van der Waals surface area contributed by atoms with E-state index in [1.807, 2.05) is 0 Å². The lowest BCUT2D eigenvalue weighted by Gasteiger charge is -2.09. The number of terminal acetylenes is 1. The molecule has 0 amide bonds. The maximum absolute atomic E-state index is 12.1.